The molecule has 0 saturated heterocycles. The molecule has 0 aliphatic carbocycles. The summed E-state index contributed by atoms with van der Waals surface area (Å²) < 4.78 is 5.93. The molecule has 0 aliphatic rings. The normalized spacial score (nSPS) is 11.2. The van der Waals surface area contributed by atoms with Gasteiger partial charge in [0.15, 0.2) is 11.5 Å². The van der Waals surface area contributed by atoms with Crippen molar-refractivity contribution in [2.75, 3.05) is 7.11 Å². The van der Waals surface area contributed by atoms with E-state index < -0.39 is 0 Å². The SMILES string of the molecule is COc1cc(Br)cc(/C=C/c2ccc3cccc(O)c3n2)c1O. The molecule has 0 unspecified atom stereocenters. The van der Waals surface area contributed by atoms with Crippen molar-refractivity contribution in [1.82, 2.24) is 4.98 Å². The third kappa shape index (κ3) is 3.14. The largest absolute Gasteiger partial charge is 0.506 e. The number of methoxy groups -OCH3 is 1. The molecule has 0 fully saturated rings. The van der Waals surface area contributed by atoms with Crippen LogP contribution in [0.5, 0.6) is 17.2 Å². The van der Waals surface area contributed by atoms with Gasteiger partial charge in [-0.1, -0.05) is 34.1 Å². The van der Waals surface area contributed by atoms with Gasteiger partial charge in [-0.25, -0.2) is 4.98 Å². The highest BCUT2D eigenvalue weighted by molar-refractivity contribution is 9.10. The molecular formula is C18H14BrNO3. The van der Waals surface area contributed by atoms with Crippen molar-refractivity contribution < 1.29 is 14.9 Å². The van der Waals surface area contributed by atoms with Crippen LogP contribution in [0.1, 0.15) is 11.3 Å². The number of phenols is 2. The zero-order valence-corrected chi connectivity index (χ0v) is 13.9. The molecule has 5 heteroatoms. The third-order valence-corrected chi connectivity index (χ3v) is 3.90. The van der Waals surface area contributed by atoms with Gasteiger partial charge in [-0.2, -0.15) is 0 Å². The van der Waals surface area contributed by atoms with Crippen LogP contribution in [0.15, 0.2) is 46.9 Å². The Labute approximate surface area is 141 Å². The molecule has 0 radical (unpaired) electrons. The van der Waals surface area contributed by atoms with E-state index in [1.807, 2.05) is 18.2 Å². The van der Waals surface area contributed by atoms with E-state index in [1.165, 1.54) is 7.11 Å². The zero-order chi connectivity index (χ0) is 16.4. The second-order valence-corrected chi connectivity index (χ2v) is 5.88. The van der Waals surface area contributed by atoms with Crippen molar-refractivity contribution >= 4 is 39.0 Å². The fraction of sp³-hybridized carbons (Fsp3) is 0.0556. The predicted octanol–water partition coefficient (Wildman–Crippen LogP) is 4.59. The molecule has 0 bridgehead atoms. The van der Waals surface area contributed by atoms with Crippen LogP contribution in [0.25, 0.3) is 23.1 Å². The molecular weight excluding hydrogens is 358 g/mol. The fourth-order valence-corrected chi connectivity index (χ4v) is 2.75. The first-order chi connectivity index (χ1) is 11.1. The van der Waals surface area contributed by atoms with E-state index >= 15 is 0 Å². The molecule has 3 aromatic rings. The monoisotopic (exact) mass is 371 g/mol. The highest BCUT2D eigenvalue weighted by Gasteiger charge is 2.07. The second-order valence-electron chi connectivity index (χ2n) is 4.96. The Morgan fingerprint density at radius 2 is 1.91 bits per heavy atom. The lowest BCUT2D eigenvalue weighted by molar-refractivity contribution is 0.372. The highest BCUT2D eigenvalue weighted by atomic mass is 79.9. The highest BCUT2D eigenvalue weighted by Crippen LogP contribution is 2.34. The Morgan fingerprint density at radius 1 is 1.09 bits per heavy atom. The molecule has 0 saturated carbocycles. The van der Waals surface area contributed by atoms with Gasteiger partial charge in [0.2, 0.25) is 0 Å². The molecule has 23 heavy (non-hydrogen) atoms. The van der Waals surface area contributed by atoms with Crippen molar-refractivity contribution in [3.63, 3.8) is 0 Å². The van der Waals surface area contributed by atoms with Crippen molar-refractivity contribution in [2.24, 2.45) is 0 Å². The fourth-order valence-electron chi connectivity index (χ4n) is 2.29. The van der Waals surface area contributed by atoms with Crippen molar-refractivity contribution in [2.45, 2.75) is 0 Å². The number of hydrogen-bond acceptors (Lipinski definition) is 4. The lowest BCUT2D eigenvalue weighted by atomic mass is 10.1. The smallest absolute Gasteiger partial charge is 0.165 e. The van der Waals surface area contributed by atoms with Crippen LogP contribution in [0.2, 0.25) is 0 Å². The first-order valence-corrected chi connectivity index (χ1v) is 7.71. The van der Waals surface area contributed by atoms with E-state index in [0.29, 0.717) is 22.5 Å². The van der Waals surface area contributed by atoms with E-state index in [4.69, 9.17) is 4.74 Å². The number of para-hydroxylation sites is 1. The van der Waals surface area contributed by atoms with Crippen LogP contribution in [-0.4, -0.2) is 22.3 Å². The molecule has 1 heterocycles. The van der Waals surface area contributed by atoms with E-state index in [1.54, 1.807) is 36.4 Å². The van der Waals surface area contributed by atoms with Crippen LogP contribution < -0.4 is 4.74 Å². The maximum absolute atomic E-state index is 10.1. The van der Waals surface area contributed by atoms with E-state index in [2.05, 4.69) is 20.9 Å². The number of hydrogen-bond donors (Lipinski definition) is 2. The molecule has 0 spiro atoms. The lowest BCUT2D eigenvalue weighted by Gasteiger charge is -2.07. The Bertz CT molecular complexity index is 906. The molecule has 0 aliphatic heterocycles. The number of fused-ring (bicyclic) bond motifs is 1. The van der Waals surface area contributed by atoms with Gasteiger partial charge in [0.05, 0.1) is 12.8 Å². The van der Waals surface area contributed by atoms with Crippen molar-refractivity contribution in [3.05, 3.63) is 58.2 Å². The minimum absolute atomic E-state index is 0.0654. The van der Waals surface area contributed by atoms with Gasteiger partial charge in [-0.3, -0.25) is 0 Å². The summed E-state index contributed by atoms with van der Waals surface area (Å²) in [5.41, 5.74) is 1.83. The topological polar surface area (TPSA) is 62.6 Å². The number of aromatic nitrogens is 1. The van der Waals surface area contributed by atoms with E-state index in [0.717, 1.165) is 9.86 Å². The minimum atomic E-state index is 0.0654. The van der Waals surface area contributed by atoms with Crippen LogP contribution in [0, 0.1) is 0 Å². The summed E-state index contributed by atoms with van der Waals surface area (Å²) in [5, 5.41) is 20.9. The standard InChI is InChI=1S/C18H14BrNO3/c1-23-16-10-13(19)9-12(18(16)22)6-8-14-7-5-11-3-2-4-15(21)17(11)20-14/h2-10,21-22H,1H3/b8-6+. The number of ether oxygens (including phenoxy) is 1. The molecule has 0 amide bonds. The zero-order valence-electron chi connectivity index (χ0n) is 12.3. The van der Waals surface area contributed by atoms with Gasteiger partial charge in [-0.05, 0) is 36.4 Å². The summed E-state index contributed by atoms with van der Waals surface area (Å²) in [5.74, 6) is 0.600. The molecule has 1 aromatic heterocycles. The molecule has 2 N–H and O–H groups in total. The van der Waals surface area contributed by atoms with Gasteiger partial charge >= 0.3 is 0 Å². The number of phenolic OH excluding ortho intramolecular Hbond substituents is 2. The van der Waals surface area contributed by atoms with Crippen molar-refractivity contribution in [1.29, 1.82) is 0 Å². The maximum Gasteiger partial charge on any atom is 0.165 e. The molecule has 4 nitrogen and oxygen atoms in total. The third-order valence-electron chi connectivity index (χ3n) is 3.44. The Hall–Kier alpha value is -2.53. The number of aromatic hydroxyl groups is 2. The quantitative estimate of drug-likeness (QED) is 0.706. The summed E-state index contributed by atoms with van der Waals surface area (Å²) in [7, 11) is 1.50. The lowest BCUT2D eigenvalue weighted by Crippen LogP contribution is -1.87. The number of benzene rings is 2. The van der Waals surface area contributed by atoms with Gasteiger partial charge < -0.3 is 14.9 Å². The number of pyridine rings is 1. The Kier molecular flexibility index (Phi) is 4.21. The second kappa shape index (κ2) is 6.30. The average molecular weight is 372 g/mol. The number of rotatable bonds is 3. The van der Waals surface area contributed by atoms with Gasteiger partial charge in [0.25, 0.3) is 0 Å². The van der Waals surface area contributed by atoms with Crippen molar-refractivity contribution in [3.8, 4) is 17.2 Å². The van der Waals surface area contributed by atoms with Gasteiger partial charge in [-0.15, -0.1) is 0 Å². The first-order valence-electron chi connectivity index (χ1n) is 6.92. The summed E-state index contributed by atoms with van der Waals surface area (Å²) >= 11 is 3.38. The molecule has 3 rings (SSSR count). The minimum Gasteiger partial charge on any atom is -0.506 e. The van der Waals surface area contributed by atoms with E-state index in [-0.39, 0.29) is 11.5 Å². The predicted molar refractivity (Wildman–Crippen MR) is 94.7 cm³/mol. The Morgan fingerprint density at radius 3 is 2.70 bits per heavy atom. The summed E-state index contributed by atoms with van der Waals surface area (Å²) in [6, 6.07) is 12.5. The summed E-state index contributed by atoms with van der Waals surface area (Å²) in [4.78, 5) is 4.42. The van der Waals surface area contributed by atoms with E-state index in [9.17, 15) is 10.2 Å². The number of halogens is 1. The average Bonchev–Trinajstić information content (AvgIpc) is 2.56. The molecule has 0 atom stereocenters. The maximum atomic E-state index is 10.1. The number of nitrogens with zero attached hydrogens (tertiary/aromatic N) is 1. The van der Waals surface area contributed by atoms with Crippen LogP contribution in [0.3, 0.4) is 0 Å². The van der Waals surface area contributed by atoms with Crippen LogP contribution >= 0.6 is 15.9 Å². The summed E-state index contributed by atoms with van der Waals surface area (Å²) in [6.07, 6.45) is 3.52. The van der Waals surface area contributed by atoms with Crippen LogP contribution in [0.4, 0.5) is 0 Å². The van der Waals surface area contributed by atoms with Gasteiger partial charge in [0.1, 0.15) is 11.3 Å². The Balaban J connectivity index is 2.00. The molecule has 116 valence electrons. The summed E-state index contributed by atoms with van der Waals surface area (Å²) in [6.45, 7) is 0. The van der Waals surface area contributed by atoms with Crippen LogP contribution in [-0.2, 0) is 0 Å². The molecule has 2 aromatic carbocycles. The first kappa shape index (κ1) is 15.4. The van der Waals surface area contributed by atoms with Gasteiger partial charge in [0, 0.05) is 15.4 Å².